The summed E-state index contributed by atoms with van der Waals surface area (Å²) in [5.41, 5.74) is 2.02. The van der Waals surface area contributed by atoms with E-state index in [2.05, 4.69) is 13.5 Å². The lowest BCUT2D eigenvalue weighted by molar-refractivity contribution is -0.140. The molecule has 23 heavy (non-hydrogen) atoms. The number of ether oxygens (including phenoxy) is 3. The molecule has 4 heteroatoms. The first kappa shape index (κ1) is 19.1. The third kappa shape index (κ3) is 5.31. The number of aryl methyl sites for hydroxylation is 1. The Bertz CT molecular complexity index is 497. The molecular weight excluding hydrogens is 292 g/mol. The molecule has 0 saturated carbocycles. The van der Waals surface area contributed by atoms with Crippen LogP contribution in [0.1, 0.15) is 49.7 Å². The van der Waals surface area contributed by atoms with Crippen molar-refractivity contribution in [3.63, 3.8) is 0 Å². The van der Waals surface area contributed by atoms with Crippen molar-refractivity contribution >= 4 is 5.97 Å². The van der Waals surface area contributed by atoms with Crippen LogP contribution in [0.2, 0.25) is 0 Å². The molecule has 0 heterocycles. The van der Waals surface area contributed by atoms with Gasteiger partial charge in [-0.05, 0) is 30.5 Å². The number of unbranched alkanes of at least 4 members (excludes halogenated alkanes) is 2. The van der Waals surface area contributed by atoms with E-state index in [1.165, 1.54) is 25.5 Å². The minimum Gasteiger partial charge on any atom is -0.496 e. The highest BCUT2D eigenvalue weighted by Crippen LogP contribution is 2.39. The van der Waals surface area contributed by atoms with Crippen LogP contribution < -0.4 is 9.47 Å². The molecule has 0 spiro atoms. The molecule has 1 rings (SSSR count). The first-order chi connectivity index (χ1) is 11.1. The maximum atomic E-state index is 11.6. The first-order valence-corrected chi connectivity index (χ1v) is 8.05. The van der Waals surface area contributed by atoms with E-state index in [-0.39, 0.29) is 18.3 Å². The van der Waals surface area contributed by atoms with Crippen molar-refractivity contribution in [2.45, 2.75) is 44.9 Å². The summed E-state index contributed by atoms with van der Waals surface area (Å²) < 4.78 is 15.9. The van der Waals surface area contributed by atoms with Gasteiger partial charge in [0.25, 0.3) is 0 Å². The molecule has 0 radical (unpaired) electrons. The summed E-state index contributed by atoms with van der Waals surface area (Å²) in [6.45, 7) is 6.03. The van der Waals surface area contributed by atoms with Gasteiger partial charge >= 0.3 is 5.97 Å². The van der Waals surface area contributed by atoms with Crippen LogP contribution in [0.5, 0.6) is 11.5 Å². The first-order valence-electron chi connectivity index (χ1n) is 8.05. The fraction of sp³-hybridized carbons (Fsp3) is 0.526. The van der Waals surface area contributed by atoms with Crippen molar-refractivity contribution in [2.75, 3.05) is 21.3 Å². The van der Waals surface area contributed by atoms with Crippen LogP contribution in [0.15, 0.2) is 24.8 Å². The number of hydrogen-bond acceptors (Lipinski definition) is 4. The molecule has 0 aliphatic rings. The SMILES string of the molecule is C=C[C@H](CC(=O)OC)c1c(OC)cc(CCCCC)cc1OC. The average Bonchev–Trinajstić information content (AvgIpc) is 2.58. The van der Waals surface area contributed by atoms with Crippen LogP contribution in [0.4, 0.5) is 0 Å². The van der Waals surface area contributed by atoms with E-state index in [1.54, 1.807) is 20.3 Å². The highest BCUT2D eigenvalue weighted by Gasteiger charge is 2.22. The van der Waals surface area contributed by atoms with Crippen LogP contribution in [-0.2, 0) is 16.0 Å². The molecule has 0 aliphatic carbocycles. The smallest absolute Gasteiger partial charge is 0.306 e. The number of benzene rings is 1. The number of carbonyl (C=O) groups excluding carboxylic acids is 1. The molecular formula is C19H28O4. The predicted molar refractivity (Wildman–Crippen MR) is 92.3 cm³/mol. The van der Waals surface area contributed by atoms with E-state index in [0.717, 1.165) is 29.9 Å². The average molecular weight is 320 g/mol. The number of esters is 1. The summed E-state index contributed by atoms with van der Waals surface area (Å²) >= 11 is 0. The number of carbonyl (C=O) groups is 1. The summed E-state index contributed by atoms with van der Waals surface area (Å²) in [6, 6.07) is 4.06. The third-order valence-corrected chi connectivity index (χ3v) is 3.94. The molecule has 0 bridgehead atoms. The van der Waals surface area contributed by atoms with Gasteiger partial charge in [-0.15, -0.1) is 6.58 Å². The van der Waals surface area contributed by atoms with Gasteiger partial charge in [-0.25, -0.2) is 0 Å². The molecule has 1 atom stereocenters. The fourth-order valence-electron chi connectivity index (χ4n) is 2.65. The molecule has 0 aliphatic heterocycles. The molecule has 4 nitrogen and oxygen atoms in total. The van der Waals surface area contributed by atoms with Gasteiger partial charge in [-0.2, -0.15) is 0 Å². The van der Waals surface area contributed by atoms with Crippen LogP contribution >= 0.6 is 0 Å². The molecule has 0 aromatic heterocycles. The standard InChI is InChI=1S/C19H28O4/c1-6-8-9-10-14-11-16(21-3)19(17(12-14)22-4)15(7-2)13-18(20)23-5/h7,11-12,15H,2,6,8-10,13H2,1,3-5H3/t15-/m1/s1. The second kappa shape index (κ2) is 9.93. The summed E-state index contributed by atoms with van der Waals surface area (Å²) in [5.74, 6) is 0.956. The molecule has 0 saturated heterocycles. The van der Waals surface area contributed by atoms with E-state index >= 15 is 0 Å². The number of methoxy groups -OCH3 is 3. The minimum absolute atomic E-state index is 0.210. The lowest BCUT2D eigenvalue weighted by atomic mass is 9.92. The Hall–Kier alpha value is -1.97. The van der Waals surface area contributed by atoms with Crippen LogP contribution in [0.25, 0.3) is 0 Å². The lowest BCUT2D eigenvalue weighted by Crippen LogP contribution is -2.10. The monoisotopic (exact) mass is 320 g/mol. The van der Waals surface area contributed by atoms with Gasteiger partial charge in [0.2, 0.25) is 0 Å². The van der Waals surface area contributed by atoms with Gasteiger partial charge in [-0.3, -0.25) is 4.79 Å². The van der Waals surface area contributed by atoms with E-state index in [9.17, 15) is 4.79 Å². The quantitative estimate of drug-likeness (QED) is 0.367. The van der Waals surface area contributed by atoms with Gasteiger partial charge in [0.05, 0.1) is 27.8 Å². The second-order valence-electron chi connectivity index (χ2n) is 5.49. The van der Waals surface area contributed by atoms with Gasteiger partial charge in [0, 0.05) is 11.5 Å². The van der Waals surface area contributed by atoms with E-state index in [0.29, 0.717) is 0 Å². The number of hydrogen-bond donors (Lipinski definition) is 0. The molecule has 1 aromatic carbocycles. The molecule has 128 valence electrons. The number of allylic oxidation sites excluding steroid dienone is 1. The van der Waals surface area contributed by atoms with E-state index in [4.69, 9.17) is 14.2 Å². The summed E-state index contributed by atoms with van der Waals surface area (Å²) in [6.07, 6.45) is 6.44. The fourth-order valence-corrected chi connectivity index (χ4v) is 2.65. The zero-order valence-corrected chi connectivity index (χ0v) is 14.7. The topological polar surface area (TPSA) is 44.8 Å². The van der Waals surface area contributed by atoms with Crippen molar-refractivity contribution in [3.8, 4) is 11.5 Å². The Morgan fingerprint density at radius 2 is 1.78 bits per heavy atom. The van der Waals surface area contributed by atoms with Crippen molar-refractivity contribution in [2.24, 2.45) is 0 Å². The highest BCUT2D eigenvalue weighted by atomic mass is 16.5. The van der Waals surface area contributed by atoms with Crippen LogP contribution in [0, 0.1) is 0 Å². The summed E-state index contributed by atoms with van der Waals surface area (Å²) in [7, 11) is 4.65. The zero-order valence-electron chi connectivity index (χ0n) is 14.7. The lowest BCUT2D eigenvalue weighted by Gasteiger charge is -2.20. The normalized spacial score (nSPS) is 11.7. The molecule has 0 fully saturated rings. The minimum atomic E-state index is -0.286. The van der Waals surface area contributed by atoms with E-state index in [1.807, 2.05) is 12.1 Å². The molecule has 1 aromatic rings. The van der Waals surface area contributed by atoms with Crippen molar-refractivity contribution in [1.82, 2.24) is 0 Å². The van der Waals surface area contributed by atoms with Crippen LogP contribution in [0.3, 0.4) is 0 Å². The largest absolute Gasteiger partial charge is 0.496 e. The Balaban J connectivity index is 3.17. The van der Waals surface area contributed by atoms with Crippen LogP contribution in [-0.4, -0.2) is 27.3 Å². The molecule has 0 N–H and O–H groups in total. The maximum Gasteiger partial charge on any atom is 0.306 e. The van der Waals surface area contributed by atoms with Crippen molar-refractivity contribution < 1.29 is 19.0 Å². The van der Waals surface area contributed by atoms with Crippen molar-refractivity contribution in [3.05, 3.63) is 35.9 Å². The second-order valence-corrected chi connectivity index (χ2v) is 5.49. The number of rotatable bonds is 10. The molecule has 0 unspecified atom stereocenters. The van der Waals surface area contributed by atoms with Crippen molar-refractivity contribution in [1.29, 1.82) is 0 Å². The van der Waals surface area contributed by atoms with Gasteiger partial charge in [0.1, 0.15) is 11.5 Å². The third-order valence-electron chi connectivity index (χ3n) is 3.94. The molecule has 0 amide bonds. The van der Waals surface area contributed by atoms with Gasteiger partial charge in [-0.1, -0.05) is 25.8 Å². The summed E-state index contributed by atoms with van der Waals surface area (Å²) in [4.78, 5) is 11.6. The predicted octanol–water partition coefficient (Wildman–Crippen LogP) is 4.27. The Morgan fingerprint density at radius 1 is 1.17 bits per heavy atom. The Kier molecular flexibility index (Phi) is 8.23. The highest BCUT2D eigenvalue weighted by molar-refractivity contribution is 5.71. The maximum absolute atomic E-state index is 11.6. The zero-order chi connectivity index (χ0) is 17.2. The van der Waals surface area contributed by atoms with E-state index < -0.39 is 0 Å². The Labute approximate surface area is 139 Å². The van der Waals surface area contributed by atoms with Gasteiger partial charge in [0.15, 0.2) is 0 Å². The van der Waals surface area contributed by atoms with Gasteiger partial charge < -0.3 is 14.2 Å². The summed E-state index contributed by atoms with van der Waals surface area (Å²) in [5, 5.41) is 0. The Morgan fingerprint density at radius 3 is 2.22 bits per heavy atom.